The number of nitrogens with one attached hydrogen (secondary N) is 1. The molecule has 0 saturated heterocycles. The third-order valence-electron chi connectivity index (χ3n) is 3.50. The van der Waals surface area contributed by atoms with Gasteiger partial charge >= 0.3 is 0 Å². The SMILES string of the molecule is CCCCCCCCCCNc1ccc(Cl)cc1[N+](=O)[O-]. The molecule has 0 aliphatic heterocycles. The van der Waals surface area contributed by atoms with Crippen molar-refractivity contribution in [1.82, 2.24) is 0 Å². The minimum atomic E-state index is -0.401. The molecule has 21 heavy (non-hydrogen) atoms. The highest BCUT2D eigenvalue weighted by Crippen LogP contribution is 2.27. The lowest BCUT2D eigenvalue weighted by Crippen LogP contribution is -2.04. The Morgan fingerprint density at radius 3 is 2.33 bits per heavy atom. The van der Waals surface area contributed by atoms with Crippen LogP contribution in [0.1, 0.15) is 58.3 Å². The van der Waals surface area contributed by atoms with Crippen LogP contribution < -0.4 is 5.32 Å². The number of nitro benzene ring substituents is 1. The Hall–Kier alpha value is -1.29. The lowest BCUT2D eigenvalue weighted by Gasteiger charge is -2.07. The van der Waals surface area contributed by atoms with Crippen molar-refractivity contribution in [2.24, 2.45) is 0 Å². The van der Waals surface area contributed by atoms with Gasteiger partial charge in [0.15, 0.2) is 0 Å². The van der Waals surface area contributed by atoms with Crippen LogP contribution in [0.3, 0.4) is 0 Å². The number of halogens is 1. The second kappa shape index (κ2) is 10.4. The normalized spacial score (nSPS) is 10.6. The molecule has 0 aliphatic carbocycles. The van der Waals surface area contributed by atoms with Crippen molar-refractivity contribution in [2.75, 3.05) is 11.9 Å². The van der Waals surface area contributed by atoms with Crippen molar-refractivity contribution in [1.29, 1.82) is 0 Å². The van der Waals surface area contributed by atoms with Crippen LogP contribution in [0.5, 0.6) is 0 Å². The number of nitrogens with zero attached hydrogens (tertiary/aromatic N) is 1. The molecule has 1 aromatic rings. The van der Waals surface area contributed by atoms with Gasteiger partial charge in [-0.15, -0.1) is 0 Å². The highest BCUT2D eigenvalue weighted by atomic mass is 35.5. The summed E-state index contributed by atoms with van der Waals surface area (Å²) >= 11 is 5.78. The fourth-order valence-corrected chi connectivity index (χ4v) is 2.45. The maximum absolute atomic E-state index is 10.9. The summed E-state index contributed by atoms with van der Waals surface area (Å²) in [6.07, 6.45) is 10.0. The second-order valence-electron chi connectivity index (χ2n) is 5.32. The Morgan fingerprint density at radius 1 is 1.10 bits per heavy atom. The van der Waals surface area contributed by atoms with Gasteiger partial charge in [0.1, 0.15) is 5.69 Å². The molecule has 1 aromatic carbocycles. The van der Waals surface area contributed by atoms with E-state index in [1.54, 1.807) is 12.1 Å². The van der Waals surface area contributed by atoms with Crippen LogP contribution in [0.25, 0.3) is 0 Å². The summed E-state index contributed by atoms with van der Waals surface area (Å²) in [4.78, 5) is 10.5. The Kier molecular flexibility index (Phi) is 8.83. The van der Waals surface area contributed by atoms with Crippen molar-refractivity contribution in [3.63, 3.8) is 0 Å². The van der Waals surface area contributed by atoms with Gasteiger partial charge in [-0.25, -0.2) is 0 Å². The Balaban J connectivity index is 2.20. The fraction of sp³-hybridized carbons (Fsp3) is 0.625. The van der Waals surface area contributed by atoms with Crippen LogP contribution in [0.2, 0.25) is 5.02 Å². The molecule has 0 aliphatic rings. The molecule has 0 bridgehead atoms. The average molecular weight is 313 g/mol. The molecule has 1 rings (SSSR count). The zero-order valence-electron chi connectivity index (χ0n) is 12.7. The zero-order chi connectivity index (χ0) is 15.5. The summed E-state index contributed by atoms with van der Waals surface area (Å²) in [7, 11) is 0. The van der Waals surface area contributed by atoms with Crippen molar-refractivity contribution in [2.45, 2.75) is 58.3 Å². The lowest BCUT2D eigenvalue weighted by atomic mass is 10.1. The third kappa shape index (κ3) is 7.32. The van der Waals surface area contributed by atoms with Crippen LogP contribution in [-0.2, 0) is 0 Å². The monoisotopic (exact) mass is 312 g/mol. The molecular formula is C16H25ClN2O2. The molecule has 0 atom stereocenters. The van der Waals surface area contributed by atoms with Gasteiger partial charge in [-0.1, -0.05) is 63.5 Å². The summed E-state index contributed by atoms with van der Waals surface area (Å²) in [6, 6.07) is 4.73. The Morgan fingerprint density at radius 2 is 1.71 bits per heavy atom. The fourth-order valence-electron chi connectivity index (χ4n) is 2.29. The predicted molar refractivity (Wildman–Crippen MR) is 89.2 cm³/mol. The Bertz CT molecular complexity index is 438. The van der Waals surface area contributed by atoms with Crippen LogP contribution in [0.4, 0.5) is 11.4 Å². The first-order chi connectivity index (χ1) is 10.1. The first-order valence-electron chi connectivity index (χ1n) is 7.83. The molecule has 0 unspecified atom stereocenters. The number of hydrogen-bond acceptors (Lipinski definition) is 3. The van der Waals surface area contributed by atoms with E-state index in [2.05, 4.69) is 12.2 Å². The summed E-state index contributed by atoms with van der Waals surface area (Å²) in [6.45, 7) is 2.99. The quantitative estimate of drug-likeness (QED) is 0.319. The highest BCUT2D eigenvalue weighted by Gasteiger charge is 2.13. The molecule has 0 saturated carbocycles. The molecule has 0 spiro atoms. The predicted octanol–water partition coefficient (Wildman–Crippen LogP) is 5.80. The average Bonchev–Trinajstić information content (AvgIpc) is 2.46. The number of anilines is 1. The van der Waals surface area contributed by atoms with Crippen LogP contribution in [0, 0.1) is 10.1 Å². The highest BCUT2D eigenvalue weighted by molar-refractivity contribution is 6.30. The molecular weight excluding hydrogens is 288 g/mol. The lowest BCUT2D eigenvalue weighted by molar-refractivity contribution is -0.383. The maximum atomic E-state index is 10.9. The van der Waals surface area contributed by atoms with Gasteiger partial charge in [-0.2, -0.15) is 0 Å². The minimum Gasteiger partial charge on any atom is -0.379 e. The van der Waals surface area contributed by atoms with E-state index in [1.165, 1.54) is 51.0 Å². The van der Waals surface area contributed by atoms with E-state index in [-0.39, 0.29) is 5.69 Å². The van der Waals surface area contributed by atoms with Crippen LogP contribution in [-0.4, -0.2) is 11.5 Å². The van der Waals surface area contributed by atoms with E-state index < -0.39 is 4.92 Å². The molecule has 0 aromatic heterocycles. The molecule has 4 nitrogen and oxygen atoms in total. The number of rotatable bonds is 11. The second-order valence-corrected chi connectivity index (χ2v) is 5.76. The van der Waals surface area contributed by atoms with Gasteiger partial charge < -0.3 is 5.32 Å². The van der Waals surface area contributed by atoms with Crippen molar-refractivity contribution < 1.29 is 4.92 Å². The van der Waals surface area contributed by atoms with Crippen molar-refractivity contribution >= 4 is 23.0 Å². The summed E-state index contributed by atoms with van der Waals surface area (Å²) in [5.41, 5.74) is 0.592. The first-order valence-corrected chi connectivity index (χ1v) is 8.20. The van der Waals surface area contributed by atoms with E-state index in [4.69, 9.17) is 11.6 Å². The first kappa shape index (κ1) is 17.8. The molecule has 5 heteroatoms. The van der Waals surface area contributed by atoms with Crippen molar-refractivity contribution in [3.8, 4) is 0 Å². The number of nitro groups is 1. The minimum absolute atomic E-state index is 0.0436. The van der Waals surface area contributed by atoms with Gasteiger partial charge in [0.05, 0.1) is 4.92 Å². The van der Waals surface area contributed by atoms with E-state index in [9.17, 15) is 10.1 Å². The van der Waals surface area contributed by atoms with Crippen LogP contribution >= 0.6 is 11.6 Å². The largest absolute Gasteiger partial charge is 0.379 e. The molecule has 118 valence electrons. The van der Waals surface area contributed by atoms with E-state index >= 15 is 0 Å². The number of unbranched alkanes of at least 4 members (excludes halogenated alkanes) is 7. The standard InChI is InChI=1S/C16H25ClN2O2/c1-2-3-4-5-6-7-8-9-12-18-15-11-10-14(17)13-16(15)19(20)21/h10-11,13,18H,2-9,12H2,1H3. The van der Waals surface area contributed by atoms with Gasteiger partial charge in [0.2, 0.25) is 0 Å². The van der Waals surface area contributed by atoms with Gasteiger partial charge in [-0.05, 0) is 18.6 Å². The topological polar surface area (TPSA) is 55.2 Å². The summed E-state index contributed by atoms with van der Waals surface area (Å²) in [5.74, 6) is 0. The zero-order valence-corrected chi connectivity index (χ0v) is 13.5. The summed E-state index contributed by atoms with van der Waals surface area (Å²) < 4.78 is 0. The van der Waals surface area contributed by atoms with Crippen LogP contribution in [0.15, 0.2) is 18.2 Å². The van der Waals surface area contributed by atoms with Gasteiger partial charge in [0, 0.05) is 17.6 Å². The third-order valence-corrected chi connectivity index (χ3v) is 3.74. The van der Waals surface area contributed by atoms with Crippen molar-refractivity contribution in [3.05, 3.63) is 33.3 Å². The van der Waals surface area contributed by atoms with E-state index in [0.717, 1.165) is 13.0 Å². The molecule has 0 radical (unpaired) electrons. The van der Waals surface area contributed by atoms with Gasteiger partial charge in [-0.3, -0.25) is 10.1 Å². The van der Waals surface area contributed by atoms with E-state index in [1.807, 2.05) is 0 Å². The number of hydrogen-bond donors (Lipinski definition) is 1. The molecule has 0 fully saturated rings. The molecule has 0 heterocycles. The molecule has 0 amide bonds. The smallest absolute Gasteiger partial charge is 0.293 e. The van der Waals surface area contributed by atoms with Gasteiger partial charge in [0.25, 0.3) is 5.69 Å². The Labute approximate surface area is 132 Å². The maximum Gasteiger partial charge on any atom is 0.293 e. The summed E-state index contributed by atoms with van der Waals surface area (Å²) in [5, 5.41) is 14.5. The molecule has 1 N–H and O–H groups in total. The van der Waals surface area contributed by atoms with E-state index in [0.29, 0.717) is 10.7 Å². The number of benzene rings is 1.